The summed E-state index contributed by atoms with van der Waals surface area (Å²) in [5.41, 5.74) is 0.319. The van der Waals surface area contributed by atoms with Crippen LogP contribution in [0.25, 0.3) is 0 Å². The largest absolute Gasteiger partial charge is 0.380 e. The number of carbonyl (C=O) groups excluding carboxylic acids is 1. The van der Waals surface area contributed by atoms with Crippen molar-refractivity contribution in [3.8, 4) is 0 Å². The Kier molecular flexibility index (Phi) is 5.07. The highest BCUT2D eigenvalue weighted by atomic mass is 35.5. The van der Waals surface area contributed by atoms with Gasteiger partial charge in [0.25, 0.3) is 5.91 Å². The van der Waals surface area contributed by atoms with Crippen molar-refractivity contribution in [2.45, 2.75) is 6.92 Å². The second kappa shape index (κ2) is 6.37. The minimum Gasteiger partial charge on any atom is -0.380 e. The third-order valence-electron chi connectivity index (χ3n) is 1.68. The van der Waals surface area contributed by atoms with E-state index < -0.39 is 0 Å². The maximum absolute atomic E-state index is 11.5. The number of amides is 1. The van der Waals surface area contributed by atoms with Crippen molar-refractivity contribution in [2.24, 2.45) is 0 Å². The van der Waals surface area contributed by atoms with Crippen molar-refractivity contribution >= 4 is 17.5 Å². The lowest BCUT2D eigenvalue weighted by atomic mass is 10.3. The van der Waals surface area contributed by atoms with Crippen LogP contribution in [-0.2, 0) is 4.74 Å². The van der Waals surface area contributed by atoms with E-state index >= 15 is 0 Å². The lowest BCUT2D eigenvalue weighted by Crippen LogP contribution is -2.27. The molecule has 0 aromatic carbocycles. The SMILES string of the molecule is CCOCCNC(=O)c1cccc(Cl)n1. The molecule has 0 spiro atoms. The zero-order valence-electron chi connectivity index (χ0n) is 8.50. The normalized spacial score (nSPS) is 10.0. The summed E-state index contributed by atoms with van der Waals surface area (Å²) in [5, 5.41) is 2.99. The number of pyridine rings is 1. The number of ether oxygens (including phenoxy) is 1. The van der Waals surface area contributed by atoms with Gasteiger partial charge < -0.3 is 10.1 Å². The van der Waals surface area contributed by atoms with Gasteiger partial charge in [0.05, 0.1) is 6.61 Å². The molecule has 4 nitrogen and oxygen atoms in total. The van der Waals surface area contributed by atoms with Gasteiger partial charge in [0, 0.05) is 13.2 Å². The summed E-state index contributed by atoms with van der Waals surface area (Å²) in [6, 6.07) is 4.92. The van der Waals surface area contributed by atoms with Crippen molar-refractivity contribution in [1.29, 1.82) is 0 Å². The molecule has 0 unspecified atom stereocenters. The first-order valence-electron chi connectivity index (χ1n) is 4.72. The number of nitrogens with one attached hydrogen (secondary N) is 1. The van der Waals surface area contributed by atoms with E-state index in [1.807, 2.05) is 6.92 Å². The van der Waals surface area contributed by atoms with Crippen LogP contribution in [0.5, 0.6) is 0 Å². The number of hydrogen-bond donors (Lipinski definition) is 1. The van der Waals surface area contributed by atoms with Crippen LogP contribution in [0.2, 0.25) is 5.15 Å². The number of hydrogen-bond acceptors (Lipinski definition) is 3. The summed E-state index contributed by atoms with van der Waals surface area (Å²) in [6.07, 6.45) is 0. The molecule has 1 aromatic heterocycles. The smallest absolute Gasteiger partial charge is 0.270 e. The first-order chi connectivity index (χ1) is 7.24. The van der Waals surface area contributed by atoms with Crippen LogP contribution in [0.15, 0.2) is 18.2 Å². The highest BCUT2D eigenvalue weighted by molar-refractivity contribution is 6.29. The van der Waals surface area contributed by atoms with Crippen LogP contribution in [0.4, 0.5) is 0 Å². The molecule has 1 amide bonds. The second-order valence-corrected chi connectivity index (χ2v) is 3.19. The quantitative estimate of drug-likeness (QED) is 0.614. The van der Waals surface area contributed by atoms with E-state index in [9.17, 15) is 4.79 Å². The molecule has 0 saturated heterocycles. The Morgan fingerprint density at radius 2 is 2.40 bits per heavy atom. The molecule has 0 fully saturated rings. The number of aromatic nitrogens is 1. The van der Waals surface area contributed by atoms with Gasteiger partial charge in [-0.05, 0) is 19.1 Å². The number of nitrogens with zero attached hydrogens (tertiary/aromatic N) is 1. The van der Waals surface area contributed by atoms with Gasteiger partial charge in [0.1, 0.15) is 10.8 Å². The van der Waals surface area contributed by atoms with Crippen LogP contribution in [0.3, 0.4) is 0 Å². The van der Waals surface area contributed by atoms with E-state index in [4.69, 9.17) is 16.3 Å². The molecule has 1 aromatic rings. The van der Waals surface area contributed by atoms with Crippen LogP contribution in [0, 0.1) is 0 Å². The highest BCUT2D eigenvalue weighted by Crippen LogP contribution is 2.04. The summed E-state index contributed by atoms with van der Waals surface area (Å²) in [4.78, 5) is 15.4. The standard InChI is InChI=1S/C10H13ClN2O2/c1-2-15-7-6-12-10(14)8-4-3-5-9(11)13-8/h3-5H,2,6-7H2,1H3,(H,12,14). The van der Waals surface area contributed by atoms with Crippen molar-refractivity contribution in [1.82, 2.24) is 10.3 Å². The van der Waals surface area contributed by atoms with Crippen LogP contribution in [-0.4, -0.2) is 30.6 Å². The number of halogens is 1. The van der Waals surface area contributed by atoms with Gasteiger partial charge in [0.2, 0.25) is 0 Å². The van der Waals surface area contributed by atoms with Crippen LogP contribution >= 0.6 is 11.6 Å². The van der Waals surface area contributed by atoms with Crippen LogP contribution in [0.1, 0.15) is 17.4 Å². The summed E-state index contributed by atoms with van der Waals surface area (Å²) in [5.74, 6) is -0.239. The molecule has 0 aliphatic carbocycles. The molecule has 0 radical (unpaired) electrons. The Bertz CT molecular complexity index is 331. The van der Waals surface area contributed by atoms with E-state index in [0.717, 1.165) is 0 Å². The molecule has 1 N–H and O–H groups in total. The third-order valence-corrected chi connectivity index (χ3v) is 1.89. The fraction of sp³-hybridized carbons (Fsp3) is 0.400. The van der Waals surface area contributed by atoms with Gasteiger partial charge in [-0.15, -0.1) is 0 Å². The van der Waals surface area contributed by atoms with E-state index in [1.54, 1.807) is 18.2 Å². The molecular weight excluding hydrogens is 216 g/mol. The van der Waals surface area contributed by atoms with E-state index in [1.165, 1.54) is 0 Å². The molecule has 1 rings (SSSR count). The van der Waals surface area contributed by atoms with Gasteiger partial charge in [-0.2, -0.15) is 0 Å². The topological polar surface area (TPSA) is 51.2 Å². The Labute approximate surface area is 93.6 Å². The molecule has 0 aliphatic rings. The fourth-order valence-electron chi connectivity index (χ4n) is 1.01. The number of rotatable bonds is 5. The van der Waals surface area contributed by atoms with Gasteiger partial charge in [0.15, 0.2) is 0 Å². The highest BCUT2D eigenvalue weighted by Gasteiger charge is 2.05. The van der Waals surface area contributed by atoms with E-state index in [2.05, 4.69) is 10.3 Å². The van der Waals surface area contributed by atoms with Crippen LogP contribution < -0.4 is 5.32 Å². The minimum absolute atomic E-state index is 0.239. The molecule has 0 saturated carbocycles. The molecule has 1 heterocycles. The zero-order chi connectivity index (χ0) is 11.1. The summed E-state index contributed by atoms with van der Waals surface area (Å²) < 4.78 is 5.08. The Hall–Kier alpha value is -1.13. The monoisotopic (exact) mass is 228 g/mol. The summed E-state index contributed by atoms with van der Waals surface area (Å²) in [6.45, 7) is 3.52. The first kappa shape index (κ1) is 11.9. The molecule has 5 heteroatoms. The summed E-state index contributed by atoms with van der Waals surface area (Å²) >= 11 is 5.66. The lowest BCUT2D eigenvalue weighted by Gasteiger charge is -2.04. The van der Waals surface area contributed by atoms with Crippen molar-refractivity contribution in [3.05, 3.63) is 29.0 Å². The minimum atomic E-state index is -0.239. The molecular formula is C10H13ClN2O2. The maximum Gasteiger partial charge on any atom is 0.270 e. The number of carbonyl (C=O) groups is 1. The Morgan fingerprint density at radius 3 is 3.07 bits per heavy atom. The fourth-order valence-corrected chi connectivity index (χ4v) is 1.17. The van der Waals surface area contributed by atoms with E-state index in [-0.39, 0.29) is 5.91 Å². The maximum atomic E-state index is 11.5. The van der Waals surface area contributed by atoms with Gasteiger partial charge in [-0.1, -0.05) is 17.7 Å². The first-order valence-corrected chi connectivity index (χ1v) is 5.10. The van der Waals surface area contributed by atoms with Crippen molar-refractivity contribution in [3.63, 3.8) is 0 Å². The van der Waals surface area contributed by atoms with Gasteiger partial charge in [-0.3, -0.25) is 4.79 Å². The average Bonchev–Trinajstić information content (AvgIpc) is 2.24. The van der Waals surface area contributed by atoms with E-state index in [0.29, 0.717) is 30.6 Å². The summed E-state index contributed by atoms with van der Waals surface area (Å²) in [7, 11) is 0. The molecule has 0 bridgehead atoms. The predicted molar refractivity (Wildman–Crippen MR) is 58.1 cm³/mol. The Morgan fingerprint density at radius 1 is 1.60 bits per heavy atom. The van der Waals surface area contributed by atoms with Crippen molar-refractivity contribution in [2.75, 3.05) is 19.8 Å². The Balaban J connectivity index is 2.40. The van der Waals surface area contributed by atoms with Gasteiger partial charge in [-0.25, -0.2) is 4.98 Å². The average molecular weight is 229 g/mol. The molecule has 82 valence electrons. The second-order valence-electron chi connectivity index (χ2n) is 2.80. The third kappa shape index (κ3) is 4.27. The lowest BCUT2D eigenvalue weighted by molar-refractivity contribution is 0.0918. The van der Waals surface area contributed by atoms with Gasteiger partial charge >= 0.3 is 0 Å². The molecule has 15 heavy (non-hydrogen) atoms. The zero-order valence-corrected chi connectivity index (χ0v) is 9.25. The van der Waals surface area contributed by atoms with Crippen molar-refractivity contribution < 1.29 is 9.53 Å². The molecule has 0 atom stereocenters. The molecule has 0 aliphatic heterocycles. The predicted octanol–water partition coefficient (Wildman–Crippen LogP) is 1.50.